The summed E-state index contributed by atoms with van der Waals surface area (Å²) in [7, 11) is -6.12. The van der Waals surface area contributed by atoms with E-state index in [1.807, 2.05) is 92.8 Å². The van der Waals surface area contributed by atoms with Crippen LogP contribution in [0.2, 0.25) is 35.3 Å². The zero-order valence-electron chi connectivity index (χ0n) is 74.9. The summed E-state index contributed by atoms with van der Waals surface area (Å²) in [5, 5.41) is 0.173. The fourth-order valence-electron chi connectivity index (χ4n) is 12.8. The Labute approximate surface area is 747 Å². The van der Waals surface area contributed by atoms with Gasteiger partial charge in [-0.2, -0.15) is 39.0 Å². The van der Waals surface area contributed by atoms with E-state index in [4.69, 9.17) is 88.1 Å². The normalized spacial score (nSPS) is 30.0. The Hall–Kier alpha value is -5.25. The van der Waals surface area contributed by atoms with Crippen LogP contribution in [0, 0.1) is 0 Å². The van der Waals surface area contributed by atoms with Crippen molar-refractivity contribution in [2.24, 2.45) is 0 Å². The van der Waals surface area contributed by atoms with E-state index in [1.54, 1.807) is 43.6 Å². The minimum Gasteiger partial charge on any atom is -0.497 e. The Morgan fingerprint density at radius 1 is 0.476 bits per heavy atom. The molecule has 2 aromatic rings. The number of benzene rings is 2. The summed E-state index contributed by atoms with van der Waals surface area (Å²) in [4.78, 5) is 0. The lowest BCUT2D eigenvalue weighted by Gasteiger charge is -2.45. The molecule has 16 atom stereocenters. The summed E-state index contributed by atoms with van der Waals surface area (Å²) in [6, 6.07) is 19.7. The molecule has 1 saturated carbocycles. The van der Waals surface area contributed by atoms with Gasteiger partial charge in [-0.15, -0.1) is 72.4 Å². The van der Waals surface area contributed by atoms with Crippen molar-refractivity contribution in [2.45, 2.75) is 246 Å². The molecule has 12 fully saturated rings. The monoisotopic (exact) mass is 1890 g/mol. The van der Waals surface area contributed by atoms with Crippen molar-refractivity contribution in [3.05, 3.63) is 205 Å². The molecule has 11 heterocycles. The van der Waals surface area contributed by atoms with Crippen LogP contribution in [0.15, 0.2) is 194 Å². The predicted octanol–water partition coefficient (Wildman–Crippen LogP) is 17.7. The molecular formula is C87H134F6O28S2Si3. The van der Waals surface area contributed by atoms with Crippen molar-refractivity contribution in [3.63, 3.8) is 0 Å². The van der Waals surface area contributed by atoms with Gasteiger partial charge in [0.1, 0.15) is 54.6 Å². The fourth-order valence-corrected chi connectivity index (χ4v) is 23.1. The molecule has 12 aliphatic rings. The van der Waals surface area contributed by atoms with Gasteiger partial charge >= 0.3 is 65.6 Å². The highest BCUT2D eigenvalue weighted by molar-refractivity contribution is 7.82. The standard InChI is InChI=1S/C12H14O3.C12H24O2Si.C11H12O2.C10H16O2.C8H16O2Si.C7H6F6O2.C7H12O3.C6H10O3.C6H12O2Si.C4H6O4S.C4H6O3S/c1-3-10-8-14-12(15-10)9-4-6-11(13-2)7-5-9;1-8-10-9-13-15(14-10,11(2,3)4)12(5,6)7;1-2-10-8-12-11(13-10)9-6-4-3-5-7-9;1-2-9-8-11-10(12-9)6-4-3-5-7-10;1-4-8-7-9-11(5-2,6-3)10-8;1-2-4-3-14-5(15-4,6(8,9)10)7(11,12)13;1-3-6-5-9-7(10-6)8-4-2;1-3-5-4-8-6(7-2)9-5;1-4-6-5-7-9(2,3)8-6;1-2-4-3-7-9(5,6)8-4;1-2-4-3-6-8(5)7-4/h3-7,10,12H,1,8H2,2H3;8,10H,1,9H2,2-7H3;2-7,10-11H,1,8H2;2,9H,1,3-8H2;4,8H,1,5-7H2,2-3H3;2,4H,1,3H2;3,6-7H,1,4-5H2,2H3;3,5-6H,1,4H2,2H3;4,6H,1,5H2,2-3H3;2,4H,1,3H2;2,4H,1,3H2. The molecule has 28 nitrogen and oxygen atoms in total. The smallest absolute Gasteiger partial charge is 0.453 e. The number of hydrogen-bond donors (Lipinski definition) is 0. The molecule has 0 radical (unpaired) electrons. The Morgan fingerprint density at radius 2 is 0.921 bits per heavy atom. The van der Waals surface area contributed by atoms with Crippen LogP contribution in [0.5, 0.6) is 5.75 Å². The molecule has 11 aliphatic heterocycles. The second-order valence-electron chi connectivity index (χ2n) is 31.2. The molecule has 39 heteroatoms. The largest absolute Gasteiger partial charge is 0.497 e. The van der Waals surface area contributed by atoms with Crippen LogP contribution in [0.4, 0.5) is 26.3 Å². The van der Waals surface area contributed by atoms with E-state index in [0.717, 1.165) is 54.5 Å². The number of ether oxygens (including phenoxy) is 15. The maximum Gasteiger partial charge on any atom is 0.453 e. The molecule has 11 saturated heterocycles. The first-order valence-corrected chi connectivity index (χ1v) is 50.5. The van der Waals surface area contributed by atoms with Crippen molar-refractivity contribution in [1.82, 2.24) is 0 Å². The van der Waals surface area contributed by atoms with Gasteiger partial charge in [0.25, 0.3) is 13.0 Å². The lowest BCUT2D eigenvalue weighted by Crippen LogP contribution is -2.58. The van der Waals surface area contributed by atoms with Crippen LogP contribution in [-0.4, -0.2) is 236 Å². The maximum absolute atomic E-state index is 12.2. The van der Waals surface area contributed by atoms with Crippen molar-refractivity contribution in [2.75, 3.05) is 93.5 Å². The van der Waals surface area contributed by atoms with Crippen LogP contribution in [-0.2, 0) is 131 Å². The van der Waals surface area contributed by atoms with E-state index in [0.29, 0.717) is 59.5 Å². The number of halogens is 6. The van der Waals surface area contributed by atoms with E-state index >= 15 is 0 Å². The minimum atomic E-state index is -5.68. The number of methoxy groups -OCH3 is 2. The molecular weight excluding hydrogens is 1760 g/mol. The van der Waals surface area contributed by atoms with Gasteiger partial charge in [0.2, 0.25) is 0 Å². The van der Waals surface area contributed by atoms with Crippen molar-refractivity contribution >= 4 is 47.4 Å². The quantitative estimate of drug-likeness (QED) is 0.0717. The number of alkyl halides is 6. The summed E-state index contributed by atoms with van der Waals surface area (Å²) < 4.78 is 233. The van der Waals surface area contributed by atoms with Crippen LogP contribution >= 0.6 is 0 Å². The molecule has 0 bridgehead atoms. The van der Waals surface area contributed by atoms with E-state index in [9.17, 15) is 39.0 Å². The molecule has 1 aliphatic carbocycles. The summed E-state index contributed by atoms with van der Waals surface area (Å²) in [5.74, 6) is -3.92. The van der Waals surface area contributed by atoms with E-state index in [-0.39, 0.29) is 90.0 Å². The molecule has 716 valence electrons. The topological polar surface area (TPSA) is 282 Å². The predicted molar refractivity (Wildman–Crippen MR) is 469 cm³/mol. The molecule has 0 aromatic heterocycles. The first-order valence-electron chi connectivity index (χ1n) is 41.3. The number of hydrogen-bond acceptors (Lipinski definition) is 28. The van der Waals surface area contributed by atoms with Crippen molar-refractivity contribution in [1.29, 1.82) is 0 Å². The Balaban J connectivity index is 0.000000292. The Morgan fingerprint density at radius 3 is 1.25 bits per heavy atom. The lowest BCUT2D eigenvalue weighted by atomic mass is 9.94. The highest BCUT2D eigenvalue weighted by atomic mass is 32.3. The third kappa shape index (κ3) is 36.4. The Bertz CT molecular complexity index is 3650. The van der Waals surface area contributed by atoms with Gasteiger partial charge in [0.05, 0.1) is 98.1 Å². The van der Waals surface area contributed by atoms with Gasteiger partial charge in [-0.05, 0) is 57.1 Å². The van der Waals surface area contributed by atoms with Gasteiger partial charge < -0.3 is 97.6 Å². The average molecular weight is 1890 g/mol. The fraction of sp³-hybridized carbons (Fsp3) is 0.609. The van der Waals surface area contributed by atoms with Crippen LogP contribution in [0.25, 0.3) is 0 Å². The van der Waals surface area contributed by atoms with Crippen molar-refractivity contribution in [3.8, 4) is 5.75 Å². The third-order valence-electron chi connectivity index (χ3n) is 19.5. The molecule has 16 unspecified atom stereocenters. The molecule has 2 aromatic carbocycles. The van der Waals surface area contributed by atoms with Gasteiger partial charge in [0.15, 0.2) is 18.4 Å². The molecule has 126 heavy (non-hydrogen) atoms. The second kappa shape index (κ2) is 54.7. The van der Waals surface area contributed by atoms with E-state index in [1.165, 1.54) is 32.4 Å². The van der Waals surface area contributed by atoms with Crippen LogP contribution in [0.3, 0.4) is 0 Å². The molecule has 0 N–H and O–H groups in total. The lowest BCUT2D eigenvalue weighted by molar-refractivity contribution is -0.442. The van der Waals surface area contributed by atoms with Crippen molar-refractivity contribution < 1.29 is 153 Å². The SMILES string of the molecule is C=CC1COC(C(F)(F)F)(C(F)(F)F)O1.C=CC1COC(OC)O1.C=CC1COC(OCC)O1.C=CC1COC(c2ccc(OC)cc2)O1.C=CC1COC(c2ccccc2)O1.C=CC1COC2(CCCCC2)O1.C=CC1COS(=O)(=O)O1.C=CC1COS(=O)O1.C=CC1CO[Si](C(C)(C)C)(C(C)(C)C)O1.C=CC1CO[Si](C)(C)O1.C=CC1CO[Si](CC)(CC)O1. The van der Waals surface area contributed by atoms with Gasteiger partial charge in [-0.1, -0.05) is 171 Å². The van der Waals surface area contributed by atoms with Crippen LogP contribution in [0.1, 0.15) is 118 Å². The Kier molecular flexibility index (Phi) is 49.1. The summed E-state index contributed by atoms with van der Waals surface area (Å²) in [6.45, 7) is 66.9. The van der Waals surface area contributed by atoms with Gasteiger partial charge in [0, 0.05) is 47.8 Å². The summed E-state index contributed by atoms with van der Waals surface area (Å²) >= 11 is -1.52. The maximum atomic E-state index is 12.2. The summed E-state index contributed by atoms with van der Waals surface area (Å²) in [5.41, 5.74) is 2.06. The second-order valence-corrected chi connectivity index (χ2v) is 45.2. The highest BCUT2D eigenvalue weighted by Crippen LogP contribution is 2.55. The highest BCUT2D eigenvalue weighted by Gasteiger charge is 2.77. The van der Waals surface area contributed by atoms with E-state index < -0.39 is 97.3 Å². The van der Waals surface area contributed by atoms with E-state index in [2.05, 4.69) is 154 Å². The minimum absolute atomic E-state index is 0.00268. The zero-order valence-corrected chi connectivity index (χ0v) is 79.6. The van der Waals surface area contributed by atoms with Crippen LogP contribution < -0.4 is 4.74 Å². The average Bonchev–Trinajstić information content (AvgIpc) is 1.56. The summed E-state index contributed by atoms with van der Waals surface area (Å²) in [6.07, 6.45) is 10.5. The van der Waals surface area contributed by atoms with Gasteiger partial charge in [-0.3, -0.25) is 8.37 Å². The first-order chi connectivity index (χ1) is 59.4. The number of rotatable bonds is 19. The third-order valence-corrected chi connectivity index (χ3v) is 31.6. The molecule has 14 rings (SSSR count). The zero-order chi connectivity index (χ0) is 94.2. The molecule has 0 amide bonds. The van der Waals surface area contributed by atoms with Gasteiger partial charge in [-0.25, -0.2) is 8.37 Å². The first kappa shape index (κ1) is 113. The molecule has 1 spiro atoms.